The standard InChI is InChI=1S/C61H38N4/c1-4-19-39(20-5-1)59-62-60(40-21-6-2-7-22-40)64-61(63-59)50-36-35-48(42-25-10-11-26-43(42)50)52-37-54-47-30-15-13-28-45(47)53(38-55(54)46-29-14-12-27-44(46)52)49-32-18-34-57-58(49)51-31-16-17-33-56(51)65(57)41-23-8-3-9-24-41/h1-38H. The summed E-state index contributed by atoms with van der Waals surface area (Å²) >= 11 is 0. The van der Waals surface area contributed by atoms with Crippen LogP contribution in [0.1, 0.15) is 0 Å². The van der Waals surface area contributed by atoms with Gasteiger partial charge in [-0.25, -0.2) is 15.0 Å². The minimum absolute atomic E-state index is 0.643. The van der Waals surface area contributed by atoms with Gasteiger partial charge in [0.25, 0.3) is 0 Å². The minimum atomic E-state index is 0.643. The summed E-state index contributed by atoms with van der Waals surface area (Å²) in [6.45, 7) is 0. The Kier molecular flexibility index (Phi) is 8.50. The maximum absolute atomic E-state index is 5.14. The smallest absolute Gasteiger partial charge is 0.164 e. The predicted molar refractivity (Wildman–Crippen MR) is 271 cm³/mol. The molecule has 0 aliphatic rings. The lowest BCUT2D eigenvalue weighted by molar-refractivity contribution is 1.08. The predicted octanol–water partition coefficient (Wildman–Crippen LogP) is 15.9. The Hall–Kier alpha value is -8.73. The molecule has 4 nitrogen and oxygen atoms in total. The van der Waals surface area contributed by atoms with E-state index in [9.17, 15) is 0 Å². The van der Waals surface area contributed by atoms with Gasteiger partial charge in [0.15, 0.2) is 17.5 Å². The fraction of sp³-hybridized carbons (Fsp3) is 0. The van der Waals surface area contributed by atoms with Crippen LogP contribution in [-0.2, 0) is 0 Å². The number of rotatable bonds is 6. The molecule has 0 fully saturated rings. The van der Waals surface area contributed by atoms with E-state index in [1.807, 2.05) is 36.4 Å². The highest BCUT2D eigenvalue weighted by Gasteiger charge is 2.21. The van der Waals surface area contributed by atoms with Gasteiger partial charge in [-0.05, 0) is 108 Å². The Morgan fingerprint density at radius 2 is 0.662 bits per heavy atom. The third kappa shape index (κ3) is 5.96. The van der Waals surface area contributed by atoms with Crippen LogP contribution in [0.2, 0.25) is 0 Å². The summed E-state index contributed by atoms with van der Waals surface area (Å²) in [6, 6.07) is 82.5. The molecule has 0 bridgehead atoms. The highest BCUT2D eigenvalue weighted by atomic mass is 15.0. The van der Waals surface area contributed by atoms with E-state index in [4.69, 9.17) is 15.0 Å². The molecule has 302 valence electrons. The molecular formula is C61H38N4. The van der Waals surface area contributed by atoms with Crippen LogP contribution in [0.3, 0.4) is 0 Å². The molecule has 13 aromatic rings. The van der Waals surface area contributed by atoms with E-state index in [1.165, 1.54) is 70.8 Å². The van der Waals surface area contributed by atoms with Gasteiger partial charge >= 0.3 is 0 Å². The molecule has 0 spiro atoms. The Morgan fingerprint density at radius 3 is 1.25 bits per heavy atom. The second kappa shape index (κ2) is 15.0. The SMILES string of the molecule is c1ccc(-c2nc(-c3ccccc3)nc(-c3ccc(-c4cc5c6ccccc6c(-c6cccc7c6c6ccccc6n7-c6ccccc6)cc5c5ccccc45)c4ccccc34)n2)cc1. The summed E-state index contributed by atoms with van der Waals surface area (Å²) in [5, 5.41) is 12.1. The first-order valence-corrected chi connectivity index (χ1v) is 22.1. The number of hydrogen-bond donors (Lipinski definition) is 0. The third-order valence-electron chi connectivity index (χ3n) is 13.0. The van der Waals surface area contributed by atoms with Crippen molar-refractivity contribution in [1.29, 1.82) is 0 Å². The first-order chi connectivity index (χ1) is 32.3. The average molecular weight is 827 g/mol. The van der Waals surface area contributed by atoms with Crippen LogP contribution in [-0.4, -0.2) is 19.5 Å². The highest BCUT2D eigenvalue weighted by Crippen LogP contribution is 2.46. The van der Waals surface area contributed by atoms with Gasteiger partial charge in [-0.15, -0.1) is 0 Å². The molecule has 0 saturated carbocycles. The average Bonchev–Trinajstić information content (AvgIpc) is 3.73. The van der Waals surface area contributed by atoms with E-state index in [2.05, 4.69) is 199 Å². The molecule has 0 N–H and O–H groups in total. The Bertz CT molecular complexity index is 3930. The van der Waals surface area contributed by atoms with Gasteiger partial charge in [0, 0.05) is 33.2 Å². The van der Waals surface area contributed by atoms with Crippen molar-refractivity contribution in [3.05, 3.63) is 231 Å². The van der Waals surface area contributed by atoms with E-state index in [-0.39, 0.29) is 0 Å². The Labute approximate surface area is 375 Å². The molecule has 0 radical (unpaired) electrons. The molecule has 0 unspecified atom stereocenters. The van der Waals surface area contributed by atoms with Crippen molar-refractivity contribution >= 4 is 64.9 Å². The van der Waals surface area contributed by atoms with Crippen LogP contribution in [0.5, 0.6) is 0 Å². The second-order valence-electron chi connectivity index (χ2n) is 16.7. The lowest BCUT2D eigenvalue weighted by Crippen LogP contribution is -2.00. The van der Waals surface area contributed by atoms with Crippen LogP contribution < -0.4 is 0 Å². The van der Waals surface area contributed by atoms with E-state index in [1.54, 1.807) is 0 Å². The van der Waals surface area contributed by atoms with Crippen molar-refractivity contribution in [2.75, 3.05) is 0 Å². The van der Waals surface area contributed by atoms with E-state index < -0.39 is 0 Å². The number of aromatic nitrogens is 4. The first-order valence-electron chi connectivity index (χ1n) is 22.1. The molecule has 0 aliphatic carbocycles. The summed E-state index contributed by atoms with van der Waals surface area (Å²) in [5.74, 6) is 1.93. The second-order valence-corrected chi connectivity index (χ2v) is 16.7. The van der Waals surface area contributed by atoms with Crippen LogP contribution in [0.25, 0.3) is 127 Å². The minimum Gasteiger partial charge on any atom is -0.309 e. The van der Waals surface area contributed by atoms with Gasteiger partial charge in [0.1, 0.15) is 0 Å². The molecule has 13 rings (SSSR count). The van der Waals surface area contributed by atoms with Crippen molar-refractivity contribution in [3.8, 4) is 62.1 Å². The lowest BCUT2D eigenvalue weighted by Gasteiger charge is -2.18. The molecular weight excluding hydrogens is 789 g/mol. The maximum atomic E-state index is 5.14. The zero-order valence-corrected chi connectivity index (χ0v) is 35.2. The largest absolute Gasteiger partial charge is 0.309 e. The number of benzene rings is 11. The van der Waals surface area contributed by atoms with Crippen molar-refractivity contribution in [2.45, 2.75) is 0 Å². The molecule has 2 heterocycles. The quantitative estimate of drug-likeness (QED) is 0.157. The van der Waals surface area contributed by atoms with Gasteiger partial charge in [-0.1, -0.05) is 188 Å². The Morgan fingerprint density at radius 1 is 0.246 bits per heavy atom. The van der Waals surface area contributed by atoms with Gasteiger partial charge in [-0.2, -0.15) is 0 Å². The van der Waals surface area contributed by atoms with Crippen molar-refractivity contribution in [2.24, 2.45) is 0 Å². The van der Waals surface area contributed by atoms with Gasteiger partial charge in [0.2, 0.25) is 0 Å². The first kappa shape index (κ1) is 36.9. The normalized spacial score (nSPS) is 11.7. The topological polar surface area (TPSA) is 43.6 Å². The lowest BCUT2D eigenvalue weighted by atomic mass is 9.85. The zero-order valence-electron chi connectivity index (χ0n) is 35.2. The molecule has 11 aromatic carbocycles. The van der Waals surface area contributed by atoms with Crippen molar-refractivity contribution in [3.63, 3.8) is 0 Å². The fourth-order valence-corrected chi connectivity index (χ4v) is 10.2. The molecule has 2 aromatic heterocycles. The van der Waals surface area contributed by atoms with Crippen molar-refractivity contribution in [1.82, 2.24) is 19.5 Å². The van der Waals surface area contributed by atoms with Gasteiger partial charge in [0.05, 0.1) is 11.0 Å². The van der Waals surface area contributed by atoms with Crippen LogP contribution >= 0.6 is 0 Å². The van der Waals surface area contributed by atoms with Crippen LogP contribution in [0.4, 0.5) is 0 Å². The number of fused-ring (bicyclic) bond motifs is 9. The molecule has 0 atom stereocenters. The molecule has 4 heteroatoms. The summed E-state index contributed by atoms with van der Waals surface area (Å²) in [4.78, 5) is 15.3. The summed E-state index contributed by atoms with van der Waals surface area (Å²) in [7, 11) is 0. The summed E-state index contributed by atoms with van der Waals surface area (Å²) in [6.07, 6.45) is 0. The van der Waals surface area contributed by atoms with E-state index >= 15 is 0 Å². The van der Waals surface area contributed by atoms with E-state index in [0.29, 0.717) is 17.5 Å². The van der Waals surface area contributed by atoms with E-state index in [0.717, 1.165) is 38.7 Å². The monoisotopic (exact) mass is 826 g/mol. The van der Waals surface area contributed by atoms with Crippen LogP contribution in [0.15, 0.2) is 231 Å². The van der Waals surface area contributed by atoms with Gasteiger partial charge < -0.3 is 4.57 Å². The summed E-state index contributed by atoms with van der Waals surface area (Å²) in [5.41, 5.74) is 11.2. The summed E-state index contributed by atoms with van der Waals surface area (Å²) < 4.78 is 2.40. The Balaban J connectivity index is 1.04. The van der Waals surface area contributed by atoms with Crippen LogP contribution in [0, 0.1) is 0 Å². The third-order valence-corrected chi connectivity index (χ3v) is 13.0. The number of hydrogen-bond acceptors (Lipinski definition) is 3. The zero-order chi connectivity index (χ0) is 42.8. The number of para-hydroxylation sites is 2. The van der Waals surface area contributed by atoms with Crippen molar-refractivity contribution < 1.29 is 0 Å². The molecule has 0 amide bonds. The maximum Gasteiger partial charge on any atom is 0.164 e. The molecule has 0 aliphatic heterocycles. The van der Waals surface area contributed by atoms with Gasteiger partial charge in [-0.3, -0.25) is 0 Å². The fourth-order valence-electron chi connectivity index (χ4n) is 10.2. The highest BCUT2D eigenvalue weighted by molar-refractivity contribution is 6.27. The molecule has 65 heavy (non-hydrogen) atoms. The molecule has 0 saturated heterocycles. The number of nitrogens with zero attached hydrogens (tertiary/aromatic N) is 4.